The van der Waals surface area contributed by atoms with Gasteiger partial charge in [-0.15, -0.1) is 0 Å². The van der Waals surface area contributed by atoms with Gasteiger partial charge in [0, 0.05) is 32.0 Å². The van der Waals surface area contributed by atoms with Crippen molar-refractivity contribution >= 4 is 5.91 Å². The van der Waals surface area contributed by atoms with Crippen molar-refractivity contribution in [1.29, 1.82) is 0 Å². The Bertz CT molecular complexity index is 417. The fourth-order valence-electron chi connectivity index (χ4n) is 4.39. The molecule has 2 atom stereocenters. The zero-order valence-corrected chi connectivity index (χ0v) is 13.6. The average Bonchev–Trinajstić information content (AvgIpc) is 3.18. The third-order valence-corrected chi connectivity index (χ3v) is 6.02. The highest BCUT2D eigenvalue weighted by molar-refractivity contribution is 5.79. The van der Waals surface area contributed by atoms with Gasteiger partial charge in [0.15, 0.2) is 0 Å². The highest BCUT2D eigenvalue weighted by Gasteiger charge is 2.48. The van der Waals surface area contributed by atoms with Crippen molar-refractivity contribution in [3.05, 3.63) is 0 Å². The molecule has 2 aliphatic heterocycles. The van der Waals surface area contributed by atoms with Crippen LogP contribution in [0.5, 0.6) is 0 Å². The molecule has 1 amide bonds. The number of amides is 1. The summed E-state index contributed by atoms with van der Waals surface area (Å²) in [5, 5.41) is 0. The molecule has 2 saturated carbocycles. The van der Waals surface area contributed by atoms with Crippen molar-refractivity contribution in [3.8, 4) is 0 Å². The molecule has 2 saturated heterocycles. The van der Waals surface area contributed by atoms with E-state index < -0.39 is 0 Å². The number of nitrogens with zero attached hydrogens (tertiary/aromatic N) is 1. The van der Waals surface area contributed by atoms with Gasteiger partial charge >= 0.3 is 0 Å². The molecule has 2 unspecified atom stereocenters. The Hall–Kier alpha value is -0.610. The van der Waals surface area contributed by atoms with Crippen molar-refractivity contribution in [3.63, 3.8) is 0 Å². The third kappa shape index (κ3) is 3.18. The minimum Gasteiger partial charge on any atom is -0.375 e. The molecule has 4 rings (SSSR count). The van der Waals surface area contributed by atoms with Crippen molar-refractivity contribution in [2.24, 2.45) is 11.8 Å². The lowest BCUT2D eigenvalue weighted by Gasteiger charge is -2.28. The quantitative estimate of drug-likeness (QED) is 0.801. The van der Waals surface area contributed by atoms with Gasteiger partial charge in [0.1, 0.15) is 0 Å². The van der Waals surface area contributed by atoms with E-state index in [-0.39, 0.29) is 17.6 Å². The van der Waals surface area contributed by atoms with Gasteiger partial charge in [-0.2, -0.15) is 0 Å². The lowest BCUT2D eigenvalue weighted by atomic mass is 9.88. The molecule has 4 fully saturated rings. The lowest BCUT2D eigenvalue weighted by molar-refractivity contribution is -0.136. The van der Waals surface area contributed by atoms with Crippen molar-refractivity contribution in [1.82, 2.24) is 4.90 Å². The molecule has 0 aromatic carbocycles. The normalized spacial score (nSPS) is 36.4. The minimum atomic E-state index is -0.0987. The number of hydrogen-bond donors (Lipinski definition) is 0. The highest BCUT2D eigenvalue weighted by atomic mass is 16.6. The van der Waals surface area contributed by atoms with E-state index in [2.05, 4.69) is 4.90 Å². The Morgan fingerprint density at radius 3 is 2.77 bits per heavy atom. The van der Waals surface area contributed by atoms with Gasteiger partial charge in [-0.25, -0.2) is 0 Å². The summed E-state index contributed by atoms with van der Waals surface area (Å²) in [5.74, 6) is 1.49. The average molecular weight is 307 g/mol. The molecule has 124 valence electrons. The lowest BCUT2D eigenvalue weighted by Crippen LogP contribution is -2.39. The van der Waals surface area contributed by atoms with E-state index >= 15 is 0 Å². The number of ether oxygens (including phenoxy) is 2. The van der Waals surface area contributed by atoms with Crippen molar-refractivity contribution in [2.75, 3.05) is 26.3 Å². The second kappa shape index (κ2) is 6.12. The van der Waals surface area contributed by atoms with E-state index in [4.69, 9.17) is 9.47 Å². The molecule has 0 aromatic heterocycles. The zero-order valence-electron chi connectivity index (χ0n) is 13.6. The Kier molecular flexibility index (Phi) is 4.16. The molecule has 1 spiro atoms. The van der Waals surface area contributed by atoms with Gasteiger partial charge in [-0.3, -0.25) is 4.79 Å². The first-order valence-electron chi connectivity index (χ1n) is 9.28. The first-order valence-corrected chi connectivity index (χ1v) is 9.28. The van der Waals surface area contributed by atoms with Crippen LogP contribution in [-0.4, -0.2) is 48.8 Å². The summed E-state index contributed by atoms with van der Waals surface area (Å²) in [6, 6.07) is 0. The summed E-state index contributed by atoms with van der Waals surface area (Å²) in [6.07, 6.45) is 10.8. The van der Waals surface area contributed by atoms with Crippen LogP contribution in [0.2, 0.25) is 0 Å². The molecular weight excluding hydrogens is 278 g/mol. The number of hydrogen-bond acceptors (Lipinski definition) is 3. The van der Waals surface area contributed by atoms with Crippen LogP contribution in [0, 0.1) is 11.8 Å². The second-order valence-electron chi connectivity index (χ2n) is 7.94. The summed E-state index contributed by atoms with van der Waals surface area (Å²) in [5.41, 5.74) is -0.0987. The van der Waals surface area contributed by atoms with Crippen LogP contribution in [0.4, 0.5) is 0 Å². The van der Waals surface area contributed by atoms with Crippen molar-refractivity contribution < 1.29 is 14.3 Å². The largest absolute Gasteiger partial charge is 0.375 e. The molecule has 4 aliphatic rings. The first kappa shape index (κ1) is 14.9. The van der Waals surface area contributed by atoms with E-state index in [1.807, 2.05) is 0 Å². The monoisotopic (exact) mass is 307 g/mol. The van der Waals surface area contributed by atoms with Gasteiger partial charge in [0.05, 0.1) is 18.3 Å². The SMILES string of the molecule is O=C(C1CCCCC1)N1CCC2(CC(OCC3CC3)CO2)C1. The van der Waals surface area contributed by atoms with E-state index in [0.29, 0.717) is 5.91 Å². The Morgan fingerprint density at radius 2 is 2.00 bits per heavy atom. The Balaban J connectivity index is 1.28. The third-order valence-electron chi connectivity index (χ3n) is 6.02. The van der Waals surface area contributed by atoms with Crippen LogP contribution >= 0.6 is 0 Å². The summed E-state index contributed by atoms with van der Waals surface area (Å²) in [4.78, 5) is 14.8. The van der Waals surface area contributed by atoms with Crippen LogP contribution in [0.1, 0.15) is 57.8 Å². The Morgan fingerprint density at radius 1 is 1.18 bits per heavy atom. The number of rotatable bonds is 4. The fraction of sp³-hybridized carbons (Fsp3) is 0.944. The van der Waals surface area contributed by atoms with Gasteiger partial charge in [0.2, 0.25) is 5.91 Å². The predicted octanol–water partition coefficient (Wildman–Crippen LogP) is 2.75. The van der Waals surface area contributed by atoms with Crippen LogP contribution in [0.25, 0.3) is 0 Å². The maximum atomic E-state index is 12.7. The molecule has 2 aliphatic carbocycles. The maximum absolute atomic E-state index is 12.7. The smallest absolute Gasteiger partial charge is 0.225 e. The van der Waals surface area contributed by atoms with Crippen LogP contribution in [-0.2, 0) is 14.3 Å². The van der Waals surface area contributed by atoms with E-state index in [9.17, 15) is 4.79 Å². The van der Waals surface area contributed by atoms with Gasteiger partial charge in [-0.05, 0) is 38.0 Å². The second-order valence-corrected chi connectivity index (χ2v) is 7.94. The standard InChI is InChI=1S/C18H29NO3/c20-17(15-4-2-1-3-5-15)19-9-8-18(13-19)10-16(12-22-18)21-11-14-6-7-14/h14-16H,1-13H2. The molecule has 0 aromatic rings. The predicted molar refractivity (Wildman–Crippen MR) is 83.5 cm³/mol. The van der Waals surface area contributed by atoms with Gasteiger partial charge < -0.3 is 14.4 Å². The molecule has 4 heteroatoms. The summed E-state index contributed by atoms with van der Waals surface area (Å²) >= 11 is 0. The molecule has 22 heavy (non-hydrogen) atoms. The highest BCUT2D eigenvalue weighted by Crippen LogP contribution is 2.38. The summed E-state index contributed by atoms with van der Waals surface area (Å²) in [7, 11) is 0. The maximum Gasteiger partial charge on any atom is 0.225 e. The number of carbonyl (C=O) groups excluding carboxylic acids is 1. The van der Waals surface area contributed by atoms with Crippen LogP contribution < -0.4 is 0 Å². The van der Waals surface area contributed by atoms with Crippen LogP contribution in [0.3, 0.4) is 0 Å². The molecule has 4 nitrogen and oxygen atoms in total. The van der Waals surface area contributed by atoms with Gasteiger partial charge in [0.25, 0.3) is 0 Å². The van der Waals surface area contributed by atoms with E-state index in [1.165, 1.54) is 32.1 Å². The summed E-state index contributed by atoms with van der Waals surface area (Å²) < 4.78 is 12.1. The molecule has 2 heterocycles. The molecule has 0 bridgehead atoms. The molecular formula is C18H29NO3. The minimum absolute atomic E-state index is 0.0987. The van der Waals surface area contributed by atoms with Crippen LogP contribution in [0.15, 0.2) is 0 Å². The number of likely N-dealkylation sites (tertiary alicyclic amines) is 1. The van der Waals surface area contributed by atoms with E-state index in [1.54, 1.807) is 0 Å². The fourth-order valence-corrected chi connectivity index (χ4v) is 4.39. The zero-order chi connectivity index (χ0) is 15.0. The molecule has 0 radical (unpaired) electrons. The van der Waals surface area contributed by atoms with Crippen molar-refractivity contribution in [2.45, 2.75) is 69.5 Å². The van der Waals surface area contributed by atoms with E-state index in [0.717, 1.165) is 57.9 Å². The summed E-state index contributed by atoms with van der Waals surface area (Å²) in [6.45, 7) is 3.31. The topological polar surface area (TPSA) is 38.8 Å². The molecule has 0 N–H and O–H groups in total. The number of carbonyl (C=O) groups is 1. The Labute approximate surface area is 133 Å². The first-order chi connectivity index (χ1) is 10.7. The van der Waals surface area contributed by atoms with Gasteiger partial charge in [-0.1, -0.05) is 19.3 Å².